The number of aliphatic hydroxyl groups excluding tert-OH is 1. The number of benzene rings is 1. The van der Waals surface area contributed by atoms with E-state index in [1.807, 2.05) is 6.07 Å². The van der Waals surface area contributed by atoms with E-state index in [4.69, 9.17) is 0 Å². The minimum atomic E-state index is -0.443. The van der Waals surface area contributed by atoms with E-state index in [-0.39, 0.29) is 6.04 Å². The van der Waals surface area contributed by atoms with Gasteiger partial charge in [0.2, 0.25) is 0 Å². The van der Waals surface area contributed by atoms with Crippen LogP contribution in [0.5, 0.6) is 0 Å². The van der Waals surface area contributed by atoms with E-state index in [9.17, 15) is 5.11 Å². The van der Waals surface area contributed by atoms with Gasteiger partial charge in [0.15, 0.2) is 0 Å². The van der Waals surface area contributed by atoms with Crippen molar-refractivity contribution < 1.29 is 5.11 Å². The molecule has 0 bridgehead atoms. The largest absolute Gasteiger partial charge is 0.387 e. The van der Waals surface area contributed by atoms with Crippen LogP contribution in [0.25, 0.3) is 0 Å². The Bertz CT molecular complexity index is 412. The predicted octanol–water partition coefficient (Wildman–Crippen LogP) is 4.00. The second kappa shape index (κ2) is 7.80. The molecule has 0 saturated heterocycles. The summed E-state index contributed by atoms with van der Waals surface area (Å²) in [5.41, 5.74) is 3.53. The maximum Gasteiger partial charge on any atom is 0.0945 e. The molecule has 1 rings (SSSR count). The first-order valence-corrected chi connectivity index (χ1v) is 7.81. The van der Waals surface area contributed by atoms with Crippen molar-refractivity contribution in [2.75, 3.05) is 6.54 Å². The summed E-state index contributed by atoms with van der Waals surface area (Å²) >= 11 is 0. The van der Waals surface area contributed by atoms with Crippen LogP contribution in [-0.2, 0) is 0 Å². The third-order valence-electron chi connectivity index (χ3n) is 4.03. The standard InChI is InChI=1S/C18H31NO/c1-12(2)9-10-19-17(13(3)4)18(20)16-8-7-14(5)15(6)11-16/h7-8,11-13,17-20H,9-10H2,1-6H3. The van der Waals surface area contributed by atoms with Crippen LogP contribution < -0.4 is 5.32 Å². The highest BCUT2D eigenvalue weighted by Crippen LogP contribution is 2.24. The number of rotatable bonds is 7. The molecule has 0 spiro atoms. The Balaban J connectivity index is 2.77. The molecular weight excluding hydrogens is 246 g/mol. The minimum Gasteiger partial charge on any atom is -0.387 e. The molecule has 0 amide bonds. The minimum absolute atomic E-state index is 0.107. The first-order valence-electron chi connectivity index (χ1n) is 7.81. The number of aliphatic hydroxyl groups is 1. The molecule has 2 N–H and O–H groups in total. The van der Waals surface area contributed by atoms with Gasteiger partial charge in [-0.2, -0.15) is 0 Å². The maximum absolute atomic E-state index is 10.7. The molecule has 0 fully saturated rings. The van der Waals surface area contributed by atoms with Crippen molar-refractivity contribution in [2.24, 2.45) is 11.8 Å². The molecule has 0 aromatic heterocycles. The topological polar surface area (TPSA) is 32.3 Å². The first-order chi connectivity index (χ1) is 9.32. The molecule has 0 saturated carbocycles. The van der Waals surface area contributed by atoms with Gasteiger partial charge < -0.3 is 10.4 Å². The second-order valence-corrected chi connectivity index (χ2v) is 6.69. The van der Waals surface area contributed by atoms with Gasteiger partial charge in [-0.15, -0.1) is 0 Å². The molecule has 2 unspecified atom stereocenters. The molecule has 0 aliphatic rings. The smallest absolute Gasteiger partial charge is 0.0945 e. The Morgan fingerprint density at radius 1 is 1.05 bits per heavy atom. The Labute approximate surface area is 124 Å². The summed E-state index contributed by atoms with van der Waals surface area (Å²) in [5.74, 6) is 1.09. The Morgan fingerprint density at radius 2 is 1.70 bits per heavy atom. The molecule has 0 radical (unpaired) electrons. The van der Waals surface area contributed by atoms with Crippen molar-refractivity contribution in [3.63, 3.8) is 0 Å². The van der Waals surface area contributed by atoms with E-state index >= 15 is 0 Å². The quantitative estimate of drug-likeness (QED) is 0.789. The van der Waals surface area contributed by atoms with Gasteiger partial charge in [-0.1, -0.05) is 45.9 Å². The van der Waals surface area contributed by atoms with Gasteiger partial charge >= 0.3 is 0 Å². The summed E-state index contributed by atoms with van der Waals surface area (Å²) in [6, 6.07) is 6.36. The normalized spacial score (nSPS) is 14.8. The molecule has 114 valence electrons. The third kappa shape index (κ3) is 4.92. The van der Waals surface area contributed by atoms with Crippen LogP contribution in [0, 0.1) is 25.7 Å². The van der Waals surface area contributed by atoms with Gasteiger partial charge in [0, 0.05) is 6.04 Å². The fraction of sp³-hybridized carbons (Fsp3) is 0.667. The van der Waals surface area contributed by atoms with Gasteiger partial charge in [0.05, 0.1) is 6.10 Å². The highest BCUT2D eigenvalue weighted by molar-refractivity contribution is 5.31. The monoisotopic (exact) mass is 277 g/mol. The van der Waals surface area contributed by atoms with Gasteiger partial charge in [-0.25, -0.2) is 0 Å². The zero-order valence-electron chi connectivity index (χ0n) is 13.9. The molecule has 0 heterocycles. The van der Waals surface area contributed by atoms with Crippen molar-refractivity contribution in [3.05, 3.63) is 34.9 Å². The number of aryl methyl sites for hydroxylation is 2. The van der Waals surface area contributed by atoms with Crippen molar-refractivity contribution >= 4 is 0 Å². The van der Waals surface area contributed by atoms with E-state index in [2.05, 4.69) is 59.0 Å². The molecule has 2 nitrogen and oxygen atoms in total. The molecular formula is C18H31NO. The zero-order valence-corrected chi connectivity index (χ0v) is 13.9. The lowest BCUT2D eigenvalue weighted by Gasteiger charge is -2.28. The van der Waals surface area contributed by atoms with E-state index in [0.717, 1.165) is 18.5 Å². The summed E-state index contributed by atoms with van der Waals surface area (Å²) in [6.07, 6.45) is 0.699. The van der Waals surface area contributed by atoms with Crippen molar-refractivity contribution in [3.8, 4) is 0 Å². The van der Waals surface area contributed by atoms with Crippen molar-refractivity contribution in [2.45, 2.75) is 60.1 Å². The summed E-state index contributed by atoms with van der Waals surface area (Å²) in [6.45, 7) is 13.9. The molecule has 0 aliphatic carbocycles. The van der Waals surface area contributed by atoms with Crippen LogP contribution in [-0.4, -0.2) is 17.7 Å². The van der Waals surface area contributed by atoms with E-state index < -0.39 is 6.10 Å². The summed E-state index contributed by atoms with van der Waals surface area (Å²) in [5, 5.41) is 14.2. The highest BCUT2D eigenvalue weighted by Gasteiger charge is 2.23. The van der Waals surface area contributed by atoms with Gasteiger partial charge in [0.25, 0.3) is 0 Å². The summed E-state index contributed by atoms with van der Waals surface area (Å²) in [7, 11) is 0. The van der Waals surface area contributed by atoms with Gasteiger partial charge in [0.1, 0.15) is 0 Å². The predicted molar refractivity (Wildman–Crippen MR) is 87.0 cm³/mol. The zero-order chi connectivity index (χ0) is 15.3. The molecule has 0 aliphatic heterocycles. The Hall–Kier alpha value is -0.860. The van der Waals surface area contributed by atoms with Crippen LogP contribution >= 0.6 is 0 Å². The molecule has 2 heteroatoms. The Morgan fingerprint density at radius 3 is 2.20 bits per heavy atom. The van der Waals surface area contributed by atoms with Crippen LogP contribution in [0.3, 0.4) is 0 Å². The molecule has 1 aromatic rings. The van der Waals surface area contributed by atoms with E-state index in [1.54, 1.807) is 0 Å². The lowest BCUT2D eigenvalue weighted by atomic mass is 9.91. The number of hydrogen-bond donors (Lipinski definition) is 2. The number of nitrogens with one attached hydrogen (secondary N) is 1. The average molecular weight is 277 g/mol. The fourth-order valence-corrected chi connectivity index (χ4v) is 2.41. The van der Waals surface area contributed by atoms with Crippen molar-refractivity contribution in [1.29, 1.82) is 0 Å². The van der Waals surface area contributed by atoms with Crippen LogP contribution in [0.1, 0.15) is 56.9 Å². The van der Waals surface area contributed by atoms with Gasteiger partial charge in [-0.05, 0) is 55.3 Å². The summed E-state index contributed by atoms with van der Waals surface area (Å²) in [4.78, 5) is 0. The van der Waals surface area contributed by atoms with Gasteiger partial charge in [-0.3, -0.25) is 0 Å². The second-order valence-electron chi connectivity index (χ2n) is 6.69. The molecule has 1 aromatic carbocycles. The Kier molecular flexibility index (Phi) is 6.70. The van der Waals surface area contributed by atoms with Crippen LogP contribution in [0.4, 0.5) is 0 Å². The number of hydrogen-bond acceptors (Lipinski definition) is 2. The maximum atomic E-state index is 10.7. The van der Waals surface area contributed by atoms with E-state index in [0.29, 0.717) is 11.8 Å². The summed E-state index contributed by atoms with van der Waals surface area (Å²) < 4.78 is 0. The van der Waals surface area contributed by atoms with Crippen LogP contribution in [0.15, 0.2) is 18.2 Å². The fourth-order valence-electron chi connectivity index (χ4n) is 2.41. The lowest BCUT2D eigenvalue weighted by molar-refractivity contribution is 0.104. The molecule has 20 heavy (non-hydrogen) atoms. The third-order valence-corrected chi connectivity index (χ3v) is 4.03. The SMILES string of the molecule is Cc1ccc(C(O)C(NCCC(C)C)C(C)C)cc1C. The van der Waals surface area contributed by atoms with E-state index in [1.165, 1.54) is 11.1 Å². The average Bonchev–Trinajstić information content (AvgIpc) is 2.36. The van der Waals surface area contributed by atoms with Crippen LogP contribution in [0.2, 0.25) is 0 Å². The first kappa shape index (κ1) is 17.2. The highest BCUT2D eigenvalue weighted by atomic mass is 16.3. The molecule has 2 atom stereocenters. The lowest BCUT2D eigenvalue weighted by Crippen LogP contribution is -2.40. The van der Waals surface area contributed by atoms with Crippen molar-refractivity contribution in [1.82, 2.24) is 5.32 Å².